The monoisotopic (exact) mass is 589 g/mol. The summed E-state index contributed by atoms with van der Waals surface area (Å²) in [5.41, 5.74) is 2.96. The molecule has 0 heterocycles. The van der Waals surface area contributed by atoms with Gasteiger partial charge in [-0.2, -0.15) is 0 Å². The van der Waals surface area contributed by atoms with E-state index in [0.29, 0.717) is 22.3 Å². The van der Waals surface area contributed by atoms with E-state index in [1.54, 1.807) is 43.3 Å². The zero-order valence-corrected chi connectivity index (χ0v) is 24.8. The maximum absolute atomic E-state index is 13.9. The second-order valence-corrected chi connectivity index (χ2v) is 12.1. The van der Waals surface area contributed by atoms with Gasteiger partial charge in [0.25, 0.3) is 10.0 Å². The fourth-order valence-electron chi connectivity index (χ4n) is 3.91. The highest BCUT2D eigenvalue weighted by molar-refractivity contribution is 7.92. The van der Waals surface area contributed by atoms with Crippen molar-refractivity contribution in [2.45, 2.75) is 51.6 Å². The molecule has 39 heavy (non-hydrogen) atoms. The Hall–Kier alpha value is -3.07. The summed E-state index contributed by atoms with van der Waals surface area (Å²) in [4.78, 5) is 28.2. The summed E-state index contributed by atoms with van der Waals surface area (Å²) in [6.45, 7) is 7.42. The molecule has 1 atom stereocenters. The van der Waals surface area contributed by atoms with Gasteiger partial charge in [-0.3, -0.25) is 13.9 Å². The molecule has 0 spiro atoms. The second-order valence-electron chi connectivity index (χ2n) is 9.35. The number of carbonyl (C=O) groups excluding carboxylic acids is 2. The molecule has 0 aliphatic rings. The van der Waals surface area contributed by atoms with Crippen LogP contribution in [-0.2, 0) is 26.2 Å². The first-order valence-electron chi connectivity index (χ1n) is 12.6. The van der Waals surface area contributed by atoms with Crippen LogP contribution >= 0.6 is 23.2 Å². The number of hydrogen-bond donors (Lipinski definition) is 1. The van der Waals surface area contributed by atoms with Crippen molar-refractivity contribution in [3.05, 3.63) is 93.5 Å². The first kappa shape index (κ1) is 30.5. The van der Waals surface area contributed by atoms with Crippen molar-refractivity contribution < 1.29 is 18.0 Å². The normalized spacial score (nSPS) is 12.1. The maximum atomic E-state index is 13.9. The third kappa shape index (κ3) is 7.75. The highest BCUT2D eigenvalue weighted by atomic mass is 35.5. The van der Waals surface area contributed by atoms with Gasteiger partial charge >= 0.3 is 0 Å². The summed E-state index contributed by atoms with van der Waals surface area (Å²) >= 11 is 12.0. The molecule has 0 fully saturated rings. The maximum Gasteiger partial charge on any atom is 0.264 e. The van der Waals surface area contributed by atoms with Crippen LogP contribution in [0.3, 0.4) is 0 Å². The molecule has 0 radical (unpaired) electrons. The third-order valence-corrected chi connectivity index (χ3v) is 8.73. The van der Waals surface area contributed by atoms with Crippen LogP contribution in [0.2, 0.25) is 10.0 Å². The van der Waals surface area contributed by atoms with Crippen LogP contribution in [0.5, 0.6) is 0 Å². The molecule has 7 nitrogen and oxygen atoms in total. The van der Waals surface area contributed by atoms with Gasteiger partial charge in [0.05, 0.1) is 10.6 Å². The Morgan fingerprint density at radius 2 is 1.49 bits per heavy atom. The minimum absolute atomic E-state index is 0.00378. The van der Waals surface area contributed by atoms with E-state index in [1.807, 2.05) is 26.8 Å². The Labute approximate surface area is 240 Å². The number of carbonyl (C=O) groups is 2. The van der Waals surface area contributed by atoms with Gasteiger partial charge in [0.1, 0.15) is 12.6 Å². The molecule has 0 aromatic heterocycles. The van der Waals surface area contributed by atoms with Crippen molar-refractivity contribution in [2.24, 2.45) is 0 Å². The van der Waals surface area contributed by atoms with Crippen molar-refractivity contribution in [3.63, 3.8) is 0 Å². The van der Waals surface area contributed by atoms with Crippen molar-refractivity contribution in [2.75, 3.05) is 17.4 Å². The molecule has 0 aliphatic carbocycles. The predicted molar refractivity (Wildman–Crippen MR) is 157 cm³/mol. The number of hydrogen-bond acceptors (Lipinski definition) is 4. The average Bonchev–Trinajstić information content (AvgIpc) is 2.91. The summed E-state index contributed by atoms with van der Waals surface area (Å²) in [5.74, 6) is -0.850. The number of sulfonamides is 1. The van der Waals surface area contributed by atoms with Gasteiger partial charge in [0, 0.05) is 23.1 Å². The second kappa shape index (κ2) is 13.3. The summed E-state index contributed by atoms with van der Waals surface area (Å²) in [6.07, 6.45) is 0.740. The molecule has 208 valence electrons. The van der Waals surface area contributed by atoms with Gasteiger partial charge in [0.15, 0.2) is 0 Å². The smallest absolute Gasteiger partial charge is 0.264 e. The number of nitrogens with zero attached hydrogens (tertiary/aromatic N) is 2. The van der Waals surface area contributed by atoms with Crippen LogP contribution < -0.4 is 9.62 Å². The Morgan fingerprint density at radius 3 is 2.05 bits per heavy atom. The van der Waals surface area contributed by atoms with Gasteiger partial charge in [-0.1, -0.05) is 48.3 Å². The van der Waals surface area contributed by atoms with Crippen molar-refractivity contribution in [1.29, 1.82) is 0 Å². The molecule has 3 aromatic rings. The lowest BCUT2D eigenvalue weighted by atomic mass is 10.1. The molecular weight excluding hydrogens is 557 g/mol. The fraction of sp³-hybridized carbons (Fsp3) is 0.310. The summed E-state index contributed by atoms with van der Waals surface area (Å²) in [6, 6.07) is 17.1. The summed E-state index contributed by atoms with van der Waals surface area (Å²) in [5, 5.41) is 3.76. The van der Waals surface area contributed by atoms with Gasteiger partial charge in [-0.05, 0) is 92.4 Å². The Balaban J connectivity index is 2.04. The Morgan fingerprint density at radius 1 is 0.897 bits per heavy atom. The number of rotatable bonds is 11. The number of aryl methyl sites for hydroxylation is 2. The quantitative estimate of drug-likeness (QED) is 0.308. The zero-order chi connectivity index (χ0) is 28.7. The van der Waals surface area contributed by atoms with Crippen molar-refractivity contribution in [3.8, 4) is 0 Å². The molecule has 10 heteroatoms. The van der Waals surface area contributed by atoms with Crippen LogP contribution in [0.25, 0.3) is 0 Å². The largest absolute Gasteiger partial charge is 0.354 e. The molecule has 1 N–H and O–H groups in total. The minimum Gasteiger partial charge on any atom is -0.354 e. The van der Waals surface area contributed by atoms with Crippen molar-refractivity contribution >= 4 is 50.7 Å². The van der Waals surface area contributed by atoms with E-state index in [9.17, 15) is 18.0 Å². The first-order chi connectivity index (χ1) is 18.4. The van der Waals surface area contributed by atoms with E-state index in [0.717, 1.165) is 27.4 Å². The lowest BCUT2D eigenvalue weighted by Crippen LogP contribution is -2.51. The molecular formula is C29H33Cl2N3O4S. The molecule has 0 saturated carbocycles. The average molecular weight is 591 g/mol. The number of nitrogens with one attached hydrogen (secondary N) is 1. The standard InChI is InChI=1S/C29H33Cl2N3O4S/c1-5-16-32-29(36)22(4)33(18-23-7-9-24(30)10-8-23)28(35)19-34(26-13-6-20(2)21(3)17-26)39(37,38)27-14-11-25(31)12-15-27/h6-15,17,22H,5,16,18-19H2,1-4H3,(H,32,36)/t22-/m0/s1. The molecule has 0 aliphatic heterocycles. The minimum atomic E-state index is -4.16. The number of benzene rings is 3. The highest BCUT2D eigenvalue weighted by Gasteiger charge is 2.32. The van der Waals surface area contributed by atoms with E-state index < -0.39 is 28.5 Å². The van der Waals surface area contributed by atoms with Crippen LogP contribution in [-0.4, -0.2) is 44.3 Å². The SMILES string of the molecule is CCCNC(=O)[C@H](C)N(Cc1ccc(Cl)cc1)C(=O)CN(c1ccc(C)c(C)c1)S(=O)(=O)c1ccc(Cl)cc1. The Kier molecular flexibility index (Phi) is 10.4. The lowest BCUT2D eigenvalue weighted by Gasteiger charge is -2.32. The van der Waals surface area contributed by atoms with Crippen LogP contribution in [0, 0.1) is 13.8 Å². The summed E-state index contributed by atoms with van der Waals surface area (Å²) < 4.78 is 28.8. The highest BCUT2D eigenvalue weighted by Crippen LogP contribution is 2.27. The molecule has 0 bridgehead atoms. The van der Waals surface area contributed by atoms with E-state index in [1.165, 1.54) is 29.2 Å². The van der Waals surface area contributed by atoms with Crippen LogP contribution in [0.4, 0.5) is 5.69 Å². The van der Waals surface area contributed by atoms with Gasteiger partial charge < -0.3 is 10.2 Å². The molecule has 3 aromatic carbocycles. The third-order valence-electron chi connectivity index (χ3n) is 6.44. The zero-order valence-electron chi connectivity index (χ0n) is 22.4. The molecule has 2 amide bonds. The summed E-state index contributed by atoms with van der Waals surface area (Å²) in [7, 11) is -4.16. The van der Waals surface area contributed by atoms with E-state index in [-0.39, 0.29) is 17.3 Å². The van der Waals surface area contributed by atoms with E-state index in [4.69, 9.17) is 23.2 Å². The number of anilines is 1. The van der Waals surface area contributed by atoms with Crippen LogP contribution in [0.1, 0.15) is 37.0 Å². The van der Waals surface area contributed by atoms with Crippen LogP contribution in [0.15, 0.2) is 71.6 Å². The number of amides is 2. The Bertz CT molecular complexity index is 1410. The topological polar surface area (TPSA) is 86.8 Å². The molecule has 3 rings (SSSR count). The lowest BCUT2D eigenvalue weighted by molar-refractivity contribution is -0.139. The van der Waals surface area contributed by atoms with E-state index >= 15 is 0 Å². The van der Waals surface area contributed by atoms with Crippen molar-refractivity contribution in [1.82, 2.24) is 10.2 Å². The molecule has 0 saturated heterocycles. The fourth-order valence-corrected chi connectivity index (χ4v) is 5.57. The number of halogens is 2. The van der Waals surface area contributed by atoms with E-state index in [2.05, 4.69) is 5.32 Å². The first-order valence-corrected chi connectivity index (χ1v) is 14.8. The molecule has 0 unspecified atom stereocenters. The van der Waals surface area contributed by atoms with Gasteiger partial charge in [-0.25, -0.2) is 8.42 Å². The van der Waals surface area contributed by atoms with Gasteiger partial charge in [0.2, 0.25) is 11.8 Å². The predicted octanol–water partition coefficient (Wildman–Crippen LogP) is 5.75. The van der Waals surface area contributed by atoms with Gasteiger partial charge in [-0.15, -0.1) is 0 Å².